The van der Waals surface area contributed by atoms with Crippen molar-refractivity contribution >= 4 is 46.1 Å². The number of hydrogen-bond acceptors (Lipinski definition) is 4. The van der Waals surface area contributed by atoms with Gasteiger partial charge in [0.1, 0.15) is 0 Å². The molecule has 7 heteroatoms. The van der Waals surface area contributed by atoms with Crippen molar-refractivity contribution < 1.29 is 9.59 Å². The number of anilines is 2. The first-order valence-electron chi connectivity index (χ1n) is 8.76. The van der Waals surface area contributed by atoms with Crippen LogP contribution in [0.4, 0.5) is 11.4 Å². The Morgan fingerprint density at radius 3 is 2.89 bits per heavy atom. The summed E-state index contributed by atoms with van der Waals surface area (Å²) in [6.45, 7) is 7.14. The van der Waals surface area contributed by atoms with Gasteiger partial charge in [0.2, 0.25) is 11.8 Å². The fourth-order valence-corrected chi connectivity index (χ4v) is 4.39. The van der Waals surface area contributed by atoms with Crippen molar-refractivity contribution in [2.45, 2.75) is 25.9 Å². The Kier molecular flexibility index (Phi) is 6.31. The monoisotopic (exact) mass is 403 g/mol. The summed E-state index contributed by atoms with van der Waals surface area (Å²) in [7, 11) is 0. The molecule has 1 N–H and O–H groups in total. The van der Waals surface area contributed by atoms with Crippen LogP contribution in [0.1, 0.15) is 18.2 Å². The van der Waals surface area contributed by atoms with Gasteiger partial charge in [0, 0.05) is 30.4 Å². The number of para-hydroxylation sites is 2. The molecule has 0 fully saturated rings. The van der Waals surface area contributed by atoms with Gasteiger partial charge in [-0.1, -0.05) is 29.8 Å². The maximum atomic E-state index is 13.2. The summed E-state index contributed by atoms with van der Waals surface area (Å²) in [5.74, 6) is -0.127. The lowest BCUT2D eigenvalue weighted by molar-refractivity contribution is -0.120. The fourth-order valence-electron chi connectivity index (χ4n) is 3.26. The molecule has 2 heterocycles. The second kappa shape index (κ2) is 8.69. The van der Waals surface area contributed by atoms with Gasteiger partial charge in [0.05, 0.1) is 22.3 Å². The zero-order valence-electron chi connectivity index (χ0n) is 15.2. The molecule has 0 saturated carbocycles. The summed E-state index contributed by atoms with van der Waals surface area (Å²) in [5.41, 5.74) is 1.40. The fraction of sp³-hybridized carbons (Fsp3) is 0.300. The van der Waals surface area contributed by atoms with E-state index in [-0.39, 0.29) is 30.8 Å². The van der Waals surface area contributed by atoms with Crippen LogP contribution in [0.15, 0.2) is 49.1 Å². The Morgan fingerprint density at radius 1 is 1.41 bits per heavy atom. The van der Waals surface area contributed by atoms with Crippen LogP contribution in [0.2, 0.25) is 4.34 Å². The second-order valence-corrected chi connectivity index (χ2v) is 8.35. The molecule has 1 aromatic heterocycles. The summed E-state index contributed by atoms with van der Waals surface area (Å²) in [6, 6.07) is 11.0. The van der Waals surface area contributed by atoms with E-state index >= 15 is 0 Å². The highest BCUT2D eigenvalue weighted by Crippen LogP contribution is 2.31. The summed E-state index contributed by atoms with van der Waals surface area (Å²) >= 11 is 7.53. The Labute approximate surface area is 168 Å². The highest BCUT2D eigenvalue weighted by atomic mass is 35.5. The van der Waals surface area contributed by atoms with Crippen molar-refractivity contribution in [3.63, 3.8) is 0 Å². The second-order valence-electron chi connectivity index (χ2n) is 6.55. The number of amides is 2. The van der Waals surface area contributed by atoms with Gasteiger partial charge in [-0.2, -0.15) is 0 Å². The first-order chi connectivity index (χ1) is 13.0. The molecule has 1 aromatic carbocycles. The first-order valence-corrected chi connectivity index (χ1v) is 9.95. The van der Waals surface area contributed by atoms with Crippen LogP contribution in [-0.4, -0.2) is 35.8 Å². The quantitative estimate of drug-likeness (QED) is 0.737. The van der Waals surface area contributed by atoms with E-state index < -0.39 is 0 Å². The molecule has 1 aliphatic heterocycles. The number of benzene rings is 1. The largest absolute Gasteiger partial charge is 0.324 e. The summed E-state index contributed by atoms with van der Waals surface area (Å²) < 4.78 is 0.731. The highest BCUT2D eigenvalue weighted by molar-refractivity contribution is 7.16. The Balaban J connectivity index is 1.81. The van der Waals surface area contributed by atoms with E-state index in [1.807, 2.05) is 48.2 Å². The van der Waals surface area contributed by atoms with Gasteiger partial charge in [0.15, 0.2) is 0 Å². The standard InChI is InChI=1S/C20H22ClN3O2S/c1-3-10-23(12-15-8-9-18(21)27-15)13-20(26)24-14(2)11-19(25)22-16-6-4-5-7-17(16)24/h3-9,14H,1,10-13H2,2H3,(H,22,25). The molecule has 142 valence electrons. The van der Waals surface area contributed by atoms with Crippen LogP contribution < -0.4 is 10.2 Å². The third-order valence-corrected chi connectivity index (χ3v) is 5.60. The topological polar surface area (TPSA) is 52.7 Å². The minimum Gasteiger partial charge on any atom is -0.324 e. The number of carbonyl (C=O) groups is 2. The van der Waals surface area contributed by atoms with E-state index in [2.05, 4.69) is 11.9 Å². The van der Waals surface area contributed by atoms with Crippen LogP contribution in [0.5, 0.6) is 0 Å². The van der Waals surface area contributed by atoms with Crippen molar-refractivity contribution in [2.75, 3.05) is 23.3 Å². The molecule has 1 atom stereocenters. The van der Waals surface area contributed by atoms with E-state index in [4.69, 9.17) is 11.6 Å². The Hall–Kier alpha value is -2.15. The molecule has 0 spiro atoms. The first kappa shape index (κ1) is 19.6. The summed E-state index contributed by atoms with van der Waals surface area (Å²) in [5, 5.41) is 2.88. The maximum Gasteiger partial charge on any atom is 0.241 e. The lowest BCUT2D eigenvalue weighted by Crippen LogP contribution is -2.45. The summed E-state index contributed by atoms with van der Waals surface area (Å²) in [4.78, 5) is 30.1. The minimum atomic E-state index is -0.220. The molecule has 2 amide bonds. The number of hydrogen-bond donors (Lipinski definition) is 1. The number of fused-ring (bicyclic) bond motifs is 1. The van der Waals surface area contributed by atoms with Gasteiger partial charge in [-0.3, -0.25) is 14.5 Å². The average Bonchev–Trinajstić information content (AvgIpc) is 2.95. The number of nitrogens with zero attached hydrogens (tertiary/aromatic N) is 2. The normalized spacial score (nSPS) is 16.6. The maximum absolute atomic E-state index is 13.2. The third-order valence-electron chi connectivity index (χ3n) is 4.38. The van der Waals surface area contributed by atoms with Crippen LogP contribution in [0, 0.1) is 0 Å². The van der Waals surface area contributed by atoms with Crippen molar-refractivity contribution in [2.24, 2.45) is 0 Å². The molecular formula is C20H22ClN3O2S. The van der Waals surface area contributed by atoms with E-state index in [0.717, 1.165) is 14.9 Å². The smallest absolute Gasteiger partial charge is 0.241 e. The van der Waals surface area contributed by atoms with E-state index in [1.54, 1.807) is 11.0 Å². The molecule has 1 aliphatic rings. The number of thiophene rings is 1. The molecule has 1 unspecified atom stereocenters. The number of halogens is 1. The van der Waals surface area contributed by atoms with Crippen molar-refractivity contribution in [3.05, 3.63) is 58.3 Å². The van der Waals surface area contributed by atoms with Gasteiger partial charge >= 0.3 is 0 Å². The van der Waals surface area contributed by atoms with Crippen molar-refractivity contribution in [1.29, 1.82) is 0 Å². The zero-order valence-corrected chi connectivity index (χ0v) is 16.7. The lowest BCUT2D eigenvalue weighted by Gasteiger charge is -2.30. The predicted octanol–water partition coefficient (Wildman–Crippen LogP) is 4.15. The molecule has 0 bridgehead atoms. The lowest BCUT2D eigenvalue weighted by atomic mass is 10.1. The predicted molar refractivity (Wildman–Crippen MR) is 111 cm³/mol. The molecule has 0 saturated heterocycles. The summed E-state index contributed by atoms with van der Waals surface area (Å²) in [6.07, 6.45) is 2.05. The molecule has 27 heavy (non-hydrogen) atoms. The molecule has 3 rings (SSSR count). The number of nitrogens with one attached hydrogen (secondary N) is 1. The van der Waals surface area contributed by atoms with Crippen LogP contribution in [0.25, 0.3) is 0 Å². The van der Waals surface area contributed by atoms with E-state index in [0.29, 0.717) is 18.8 Å². The molecule has 5 nitrogen and oxygen atoms in total. The van der Waals surface area contributed by atoms with Crippen molar-refractivity contribution in [1.82, 2.24) is 4.90 Å². The van der Waals surface area contributed by atoms with Crippen LogP contribution in [-0.2, 0) is 16.1 Å². The zero-order chi connectivity index (χ0) is 19.4. The van der Waals surface area contributed by atoms with Crippen molar-refractivity contribution in [3.8, 4) is 0 Å². The SMILES string of the molecule is C=CCN(CC(=O)N1c2ccccc2NC(=O)CC1C)Cc1ccc(Cl)s1. The molecule has 0 aliphatic carbocycles. The Bertz CT molecular complexity index is 851. The average molecular weight is 404 g/mol. The third kappa shape index (κ3) is 4.77. The van der Waals surface area contributed by atoms with E-state index in [9.17, 15) is 9.59 Å². The van der Waals surface area contributed by atoms with Gasteiger partial charge in [-0.25, -0.2) is 0 Å². The van der Waals surface area contributed by atoms with E-state index in [1.165, 1.54) is 11.3 Å². The number of carbonyl (C=O) groups excluding carboxylic acids is 2. The van der Waals surface area contributed by atoms with Crippen LogP contribution in [0.3, 0.4) is 0 Å². The molecule has 0 radical (unpaired) electrons. The van der Waals surface area contributed by atoms with Gasteiger partial charge in [-0.15, -0.1) is 17.9 Å². The molecular weight excluding hydrogens is 382 g/mol. The van der Waals surface area contributed by atoms with Gasteiger partial charge in [0.25, 0.3) is 0 Å². The highest BCUT2D eigenvalue weighted by Gasteiger charge is 2.30. The van der Waals surface area contributed by atoms with Gasteiger partial charge < -0.3 is 10.2 Å². The Morgan fingerprint density at radius 2 is 2.19 bits per heavy atom. The molecule has 2 aromatic rings. The van der Waals surface area contributed by atoms with Gasteiger partial charge in [-0.05, 0) is 31.2 Å². The number of rotatable bonds is 6. The minimum absolute atomic E-state index is 0.0454. The van der Waals surface area contributed by atoms with Crippen LogP contribution >= 0.6 is 22.9 Å².